The van der Waals surface area contributed by atoms with Crippen molar-refractivity contribution in [2.45, 2.75) is 33.2 Å². The lowest BCUT2D eigenvalue weighted by Gasteiger charge is -2.33. The standard InChI is InChI=1S/C13H19N5O/c1-3-6-16-9-15-11-10(16)12(19)18-8-5-14-13(18)17(11)7-4-2/h9H,3-8H2,1-2H3. The van der Waals surface area contributed by atoms with Gasteiger partial charge in [-0.2, -0.15) is 0 Å². The van der Waals surface area contributed by atoms with Gasteiger partial charge in [0, 0.05) is 19.6 Å². The van der Waals surface area contributed by atoms with Crippen LogP contribution in [0.2, 0.25) is 0 Å². The Morgan fingerprint density at radius 3 is 2.79 bits per heavy atom. The summed E-state index contributed by atoms with van der Waals surface area (Å²) in [5, 5.41) is 0. The highest BCUT2D eigenvalue weighted by Gasteiger charge is 2.39. The number of nitrogens with zero attached hydrogens (tertiary/aromatic N) is 5. The Balaban J connectivity index is 2.08. The van der Waals surface area contributed by atoms with Gasteiger partial charge in [-0.3, -0.25) is 19.6 Å². The monoisotopic (exact) mass is 261 g/mol. The van der Waals surface area contributed by atoms with Crippen LogP contribution in [0.4, 0.5) is 5.82 Å². The molecule has 0 saturated heterocycles. The van der Waals surface area contributed by atoms with E-state index in [1.807, 2.05) is 4.57 Å². The molecule has 0 fully saturated rings. The van der Waals surface area contributed by atoms with Gasteiger partial charge in [-0.1, -0.05) is 13.8 Å². The Bertz CT molecular complexity index is 533. The maximum absolute atomic E-state index is 12.6. The number of imidazole rings is 1. The third-order valence-corrected chi connectivity index (χ3v) is 3.49. The second-order valence-electron chi connectivity index (χ2n) is 4.90. The van der Waals surface area contributed by atoms with Crippen molar-refractivity contribution in [2.75, 3.05) is 24.5 Å². The van der Waals surface area contributed by atoms with Crippen molar-refractivity contribution in [1.29, 1.82) is 0 Å². The molecule has 19 heavy (non-hydrogen) atoms. The van der Waals surface area contributed by atoms with Crippen LogP contribution < -0.4 is 4.90 Å². The van der Waals surface area contributed by atoms with Crippen molar-refractivity contribution < 1.29 is 4.79 Å². The Hall–Kier alpha value is -1.85. The summed E-state index contributed by atoms with van der Waals surface area (Å²) in [5.74, 6) is 1.60. The van der Waals surface area contributed by atoms with Crippen LogP contribution in [0, 0.1) is 0 Å². The van der Waals surface area contributed by atoms with Gasteiger partial charge in [0.05, 0.1) is 12.9 Å². The molecule has 0 saturated carbocycles. The number of anilines is 1. The molecular weight excluding hydrogens is 242 g/mol. The summed E-state index contributed by atoms with van der Waals surface area (Å²) in [6.45, 7) is 7.28. The fourth-order valence-corrected chi connectivity index (χ4v) is 2.71. The van der Waals surface area contributed by atoms with Gasteiger partial charge in [0.2, 0.25) is 5.96 Å². The zero-order valence-electron chi connectivity index (χ0n) is 11.5. The zero-order valence-corrected chi connectivity index (χ0v) is 11.5. The maximum atomic E-state index is 12.6. The number of hydrogen-bond donors (Lipinski definition) is 0. The van der Waals surface area contributed by atoms with Crippen molar-refractivity contribution in [2.24, 2.45) is 4.99 Å². The largest absolute Gasteiger partial charge is 0.325 e. The van der Waals surface area contributed by atoms with Crippen LogP contribution in [-0.4, -0.2) is 46.0 Å². The average molecular weight is 261 g/mol. The van der Waals surface area contributed by atoms with Crippen molar-refractivity contribution in [1.82, 2.24) is 14.5 Å². The normalized spacial score (nSPS) is 17.6. The summed E-state index contributed by atoms with van der Waals surface area (Å²) in [7, 11) is 0. The SMILES string of the molecule is CCCN1C2=NCCN2C(=O)c2c1ncn2CCC. The van der Waals surface area contributed by atoms with E-state index >= 15 is 0 Å². The molecule has 0 unspecified atom stereocenters. The molecule has 6 heteroatoms. The highest BCUT2D eigenvalue weighted by Crippen LogP contribution is 2.29. The van der Waals surface area contributed by atoms with Gasteiger partial charge in [0.1, 0.15) is 0 Å². The van der Waals surface area contributed by atoms with Gasteiger partial charge in [-0.05, 0) is 12.8 Å². The molecule has 2 aliphatic heterocycles. The minimum atomic E-state index is 0.0459. The molecule has 0 aromatic carbocycles. The number of carbonyl (C=O) groups excluding carboxylic acids is 1. The maximum Gasteiger partial charge on any atom is 0.281 e. The zero-order chi connectivity index (χ0) is 13.4. The average Bonchev–Trinajstić information content (AvgIpc) is 3.02. The van der Waals surface area contributed by atoms with Crippen molar-refractivity contribution in [3.63, 3.8) is 0 Å². The summed E-state index contributed by atoms with van der Waals surface area (Å²) in [5.41, 5.74) is 0.719. The molecular formula is C13H19N5O. The topological polar surface area (TPSA) is 53.7 Å². The van der Waals surface area contributed by atoms with E-state index < -0.39 is 0 Å². The number of fused-ring (bicyclic) bond motifs is 2. The van der Waals surface area contributed by atoms with Gasteiger partial charge in [0.15, 0.2) is 11.5 Å². The molecule has 0 radical (unpaired) electrons. The fourth-order valence-electron chi connectivity index (χ4n) is 2.71. The molecule has 1 amide bonds. The van der Waals surface area contributed by atoms with E-state index in [0.717, 1.165) is 43.4 Å². The fraction of sp³-hybridized carbons (Fsp3) is 0.615. The number of aryl methyl sites for hydroxylation is 1. The van der Waals surface area contributed by atoms with E-state index in [-0.39, 0.29) is 5.91 Å². The summed E-state index contributed by atoms with van der Waals surface area (Å²) < 4.78 is 1.97. The highest BCUT2D eigenvalue weighted by molar-refractivity contribution is 6.17. The third-order valence-electron chi connectivity index (χ3n) is 3.49. The first-order valence-corrected chi connectivity index (χ1v) is 6.96. The molecule has 102 valence electrons. The van der Waals surface area contributed by atoms with Crippen LogP contribution in [0.5, 0.6) is 0 Å². The molecule has 6 nitrogen and oxygen atoms in total. The lowest BCUT2D eigenvalue weighted by Crippen LogP contribution is -2.50. The molecule has 0 N–H and O–H groups in total. The molecule has 1 aromatic heterocycles. The minimum absolute atomic E-state index is 0.0459. The highest BCUT2D eigenvalue weighted by atomic mass is 16.2. The molecule has 0 spiro atoms. The van der Waals surface area contributed by atoms with Gasteiger partial charge in [-0.15, -0.1) is 0 Å². The summed E-state index contributed by atoms with van der Waals surface area (Å²) in [6.07, 6.45) is 3.77. The molecule has 3 rings (SSSR count). The Labute approximate surface area is 112 Å². The molecule has 0 aliphatic carbocycles. The number of guanidine groups is 1. The van der Waals surface area contributed by atoms with Crippen LogP contribution >= 0.6 is 0 Å². The lowest BCUT2D eigenvalue weighted by atomic mass is 10.2. The first-order chi connectivity index (χ1) is 9.27. The van der Waals surface area contributed by atoms with Gasteiger partial charge >= 0.3 is 0 Å². The van der Waals surface area contributed by atoms with Gasteiger partial charge in [0.25, 0.3) is 5.91 Å². The first kappa shape index (κ1) is 12.2. The van der Waals surface area contributed by atoms with Gasteiger partial charge < -0.3 is 4.57 Å². The molecule has 2 aliphatic rings. The number of hydrogen-bond acceptors (Lipinski definition) is 4. The van der Waals surface area contributed by atoms with E-state index in [4.69, 9.17) is 0 Å². The van der Waals surface area contributed by atoms with Gasteiger partial charge in [-0.25, -0.2) is 4.98 Å². The number of rotatable bonds is 4. The Morgan fingerprint density at radius 1 is 1.26 bits per heavy atom. The van der Waals surface area contributed by atoms with Crippen molar-refractivity contribution in [3.8, 4) is 0 Å². The number of amides is 1. The smallest absolute Gasteiger partial charge is 0.281 e. The van der Waals surface area contributed by atoms with E-state index in [1.165, 1.54) is 0 Å². The second-order valence-corrected chi connectivity index (χ2v) is 4.90. The van der Waals surface area contributed by atoms with Crippen LogP contribution in [0.1, 0.15) is 37.2 Å². The predicted molar refractivity (Wildman–Crippen MR) is 73.5 cm³/mol. The summed E-state index contributed by atoms with van der Waals surface area (Å²) >= 11 is 0. The Kier molecular flexibility index (Phi) is 3.00. The van der Waals surface area contributed by atoms with Crippen LogP contribution in [0.15, 0.2) is 11.3 Å². The van der Waals surface area contributed by atoms with Crippen molar-refractivity contribution in [3.05, 3.63) is 12.0 Å². The molecule has 1 aromatic rings. The molecule has 0 bridgehead atoms. The summed E-state index contributed by atoms with van der Waals surface area (Å²) in [6, 6.07) is 0. The number of carbonyl (C=O) groups is 1. The third kappa shape index (κ3) is 1.74. The Morgan fingerprint density at radius 2 is 2.05 bits per heavy atom. The minimum Gasteiger partial charge on any atom is -0.325 e. The number of aliphatic imine (C=N–C) groups is 1. The lowest BCUT2D eigenvalue weighted by molar-refractivity contribution is 0.0841. The quantitative estimate of drug-likeness (QED) is 0.821. The van der Waals surface area contributed by atoms with E-state index in [1.54, 1.807) is 11.2 Å². The van der Waals surface area contributed by atoms with E-state index in [0.29, 0.717) is 13.1 Å². The number of aromatic nitrogens is 2. The van der Waals surface area contributed by atoms with Crippen LogP contribution in [0.25, 0.3) is 0 Å². The predicted octanol–water partition coefficient (Wildman–Crippen LogP) is 1.33. The molecule has 0 atom stereocenters. The first-order valence-electron chi connectivity index (χ1n) is 6.96. The summed E-state index contributed by atoms with van der Waals surface area (Å²) in [4.78, 5) is 25.3. The van der Waals surface area contributed by atoms with Crippen LogP contribution in [0.3, 0.4) is 0 Å². The van der Waals surface area contributed by atoms with Crippen LogP contribution in [-0.2, 0) is 6.54 Å². The van der Waals surface area contributed by atoms with E-state index in [9.17, 15) is 4.79 Å². The second kappa shape index (κ2) is 4.68. The molecule has 3 heterocycles. The van der Waals surface area contributed by atoms with E-state index in [2.05, 4.69) is 28.7 Å². The van der Waals surface area contributed by atoms with Crippen molar-refractivity contribution >= 4 is 17.7 Å².